The third-order valence-electron chi connectivity index (χ3n) is 2.76. The first-order valence-electron chi connectivity index (χ1n) is 5.60. The molecule has 0 aliphatic heterocycles. The Labute approximate surface area is 112 Å². The number of aromatic hydroxyl groups is 1. The molecule has 0 aliphatic carbocycles. The number of esters is 1. The molecule has 1 unspecified atom stereocenters. The maximum absolute atomic E-state index is 12.1. The number of sulfonamides is 1. The molecule has 1 rings (SSSR count). The van der Waals surface area contributed by atoms with Crippen LogP contribution >= 0.6 is 0 Å². The van der Waals surface area contributed by atoms with Gasteiger partial charge in [0.1, 0.15) is 5.75 Å². The molecule has 106 valence electrons. The van der Waals surface area contributed by atoms with E-state index < -0.39 is 21.2 Å². The van der Waals surface area contributed by atoms with Crippen LogP contribution in [-0.4, -0.2) is 43.2 Å². The fourth-order valence-corrected chi connectivity index (χ4v) is 2.71. The van der Waals surface area contributed by atoms with Gasteiger partial charge in [0.2, 0.25) is 10.0 Å². The molecule has 6 nitrogen and oxygen atoms in total. The van der Waals surface area contributed by atoms with Gasteiger partial charge in [-0.25, -0.2) is 8.42 Å². The van der Waals surface area contributed by atoms with Crippen LogP contribution in [0.1, 0.15) is 12.5 Å². The fraction of sp³-hybridized carbons (Fsp3) is 0.417. The van der Waals surface area contributed by atoms with Crippen LogP contribution < -0.4 is 0 Å². The summed E-state index contributed by atoms with van der Waals surface area (Å²) in [6, 6.07) is 6.17. The summed E-state index contributed by atoms with van der Waals surface area (Å²) >= 11 is 0. The van der Waals surface area contributed by atoms with Gasteiger partial charge in [0.15, 0.2) is 5.25 Å². The van der Waals surface area contributed by atoms with Gasteiger partial charge in [-0.05, 0) is 24.6 Å². The molecule has 0 radical (unpaired) electrons. The predicted molar refractivity (Wildman–Crippen MR) is 70.0 cm³/mol. The molecule has 0 amide bonds. The van der Waals surface area contributed by atoms with Crippen molar-refractivity contribution in [3.8, 4) is 5.75 Å². The van der Waals surface area contributed by atoms with Crippen LogP contribution in [0.4, 0.5) is 0 Å². The highest BCUT2D eigenvalue weighted by molar-refractivity contribution is 7.90. The largest absolute Gasteiger partial charge is 0.508 e. The fourth-order valence-electron chi connectivity index (χ4n) is 1.51. The minimum absolute atomic E-state index is 0.109. The number of hydrogen-bond donors (Lipinski definition) is 1. The minimum atomic E-state index is -3.76. The molecule has 1 aromatic carbocycles. The molecule has 0 saturated heterocycles. The zero-order valence-electron chi connectivity index (χ0n) is 11.0. The molecule has 7 heteroatoms. The average Bonchev–Trinajstić information content (AvgIpc) is 2.39. The number of ether oxygens (including phenoxy) is 1. The quantitative estimate of drug-likeness (QED) is 0.807. The van der Waals surface area contributed by atoms with Crippen molar-refractivity contribution in [2.75, 3.05) is 14.2 Å². The zero-order valence-corrected chi connectivity index (χ0v) is 11.8. The number of phenolic OH excluding ortho intramolecular Hbond substituents is 1. The Morgan fingerprint density at radius 3 is 2.37 bits per heavy atom. The molecule has 1 aromatic rings. The first-order valence-corrected chi connectivity index (χ1v) is 7.10. The van der Waals surface area contributed by atoms with Crippen LogP contribution in [0.25, 0.3) is 0 Å². The topological polar surface area (TPSA) is 83.9 Å². The van der Waals surface area contributed by atoms with Gasteiger partial charge in [-0.15, -0.1) is 0 Å². The monoisotopic (exact) mass is 287 g/mol. The van der Waals surface area contributed by atoms with Gasteiger partial charge in [0.25, 0.3) is 0 Å². The number of carbonyl (C=O) groups excluding carboxylic acids is 1. The maximum atomic E-state index is 12.1. The van der Waals surface area contributed by atoms with Crippen LogP contribution in [0.2, 0.25) is 0 Å². The summed E-state index contributed by atoms with van der Waals surface area (Å²) in [4.78, 5) is 11.3. The lowest BCUT2D eigenvalue weighted by Gasteiger charge is -2.20. The number of rotatable bonds is 5. The van der Waals surface area contributed by atoms with Crippen molar-refractivity contribution in [1.82, 2.24) is 4.31 Å². The van der Waals surface area contributed by atoms with Gasteiger partial charge < -0.3 is 9.84 Å². The molecule has 19 heavy (non-hydrogen) atoms. The van der Waals surface area contributed by atoms with E-state index in [1.165, 1.54) is 26.1 Å². The van der Waals surface area contributed by atoms with Gasteiger partial charge in [0, 0.05) is 13.6 Å². The Kier molecular flexibility index (Phi) is 4.90. The van der Waals surface area contributed by atoms with E-state index in [9.17, 15) is 13.2 Å². The van der Waals surface area contributed by atoms with Crippen molar-refractivity contribution in [2.45, 2.75) is 18.7 Å². The second-order valence-corrected chi connectivity index (χ2v) is 6.49. The van der Waals surface area contributed by atoms with E-state index in [0.29, 0.717) is 5.56 Å². The molecule has 0 heterocycles. The number of methoxy groups -OCH3 is 1. The van der Waals surface area contributed by atoms with Crippen LogP contribution in [0, 0.1) is 0 Å². The summed E-state index contributed by atoms with van der Waals surface area (Å²) in [7, 11) is -1.22. The van der Waals surface area contributed by atoms with Crippen LogP contribution in [0.15, 0.2) is 24.3 Å². The Morgan fingerprint density at radius 2 is 1.89 bits per heavy atom. The first-order chi connectivity index (χ1) is 8.78. The maximum Gasteiger partial charge on any atom is 0.325 e. The van der Waals surface area contributed by atoms with Crippen LogP contribution in [0.3, 0.4) is 0 Å². The minimum Gasteiger partial charge on any atom is -0.508 e. The molecule has 1 atom stereocenters. The smallest absolute Gasteiger partial charge is 0.325 e. The lowest BCUT2D eigenvalue weighted by Crippen LogP contribution is -2.39. The Bertz CT molecular complexity index is 538. The molecule has 0 spiro atoms. The van der Waals surface area contributed by atoms with E-state index in [1.807, 2.05) is 0 Å². The van der Waals surface area contributed by atoms with Crippen LogP contribution in [0.5, 0.6) is 5.75 Å². The third kappa shape index (κ3) is 3.68. The molecular formula is C12H17NO5S. The lowest BCUT2D eigenvalue weighted by molar-refractivity contribution is -0.139. The van der Waals surface area contributed by atoms with Crippen molar-refractivity contribution < 1.29 is 23.1 Å². The number of nitrogens with zero attached hydrogens (tertiary/aromatic N) is 1. The molecular weight excluding hydrogens is 270 g/mol. The highest BCUT2D eigenvalue weighted by Crippen LogP contribution is 2.15. The van der Waals surface area contributed by atoms with Gasteiger partial charge in [-0.3, -0.25) is 4.79 Å². The summed E-state index contributed by atoms with van der Waals surface area (Å²) in [6.45, 7) is 1.40. The number of phenols is 1. The Balaban J connectivity index is 2.84. The highest BCUT2D eigenvalue weighted by atomic mass is 32.2. The van der Waals surface area contributed by atoms with Gasteiger partial charge in [-0.1, -0.05) is 12.1 Å². The lowest BCUT2D eigenvalue weighted by atomic mass is 10.2. The molecule has 0 fully saturated rings. The standard InChI is InChI=1S/C12H17NO5S/c1-9(12(15)18-3)19(16,17)13(2)8-10-4-6-11(14)7-5-10/h4-7,9,14H,8H2,1-3H3. The van der Waals surface area contributed by atoms with E-state index >= 15 is 0 Å². The van der Waals surface area contributed by atoms with Gasteiger partial charge in [-0.2, -0.15) is 4.31 Å². The highest BCUT2D eigenvalue weighted by Gasteiger charge is 2.32. The van der Waals surface area contributed by atoms with E-state index in [2.05, 4.69) is 4.74 Å². The first kappa shape index (κ1) is 15.5. The Hall–Kier alpha value is -1.60. The van der Waals surface area contributed by atoms with E-state index in [4.69, 9.17) is 5.11 Å². The predicted octanol–water partition coefficient (Wildman–Crippen LogP) is 0.715. The van der Waals surface area contributed by atoms with E-state index in [1.54, 1.807) is 12.1 Å². The number of carbonyl (C=O) groups is 1. The van der Waals surface area contributed by atoms with Crippen molar-refractivity contribution in [3.63, 3.8) is 0 Å². The SMILES string of the molecule is COC(=O)C(C)S(=O)(=O)N(C)Cc1ccc(O)cc1. The van der Waals surface area contributed by atoms with Gasteiger partial charge in [0.05, 0.1) is 7.11 Å². The number of hydrogen-bond acceptors (Lipinski definition) is 5. The van der Waals surface area contributed by atoms with E-state index in [-0.39, 0.29) is 12.3 Å². The van der Waals surface area contributed by atoms with Crippen LogP contribution in [-0.2, 0) is 26.1 Å². The summed E-state index contributed by atoms with van der Waals surface area (Å²) in [6.07, 6.45) is 0. The van der Waals surface area contributed by atoms with Gasteiger partial charge >= 0.3 is 5.97 Å². The molecule has 0 aliphatic rings. The molecule has 1 N–H and O–H groups in total. The van der Waals surface area contributed by atoms with E-state index in [0.717, 1.165) is 11.4 Å². The normalized spacial score (nSPS) is 13.3. The third-order valence-corrected chi connectivity index (χ3v) is 4.84. The number of benzene rings is 1. The second-order valence-electron chi connectivity index (χ2n) is 4.13. The van der Waals surface area contributed by atoms with Crippen molar-refractivity contribution in [1.29, 1.82) is 0 Å². The van der Waals surface area contributed by atoms with Crippen molar-refractivity contribution in [2.24, 2.45) is 0 Å². The zero-order chi connectivity index (χ0) is 14.6. The van der Waals surface area contributed by atoms with Crippen molar-refractivity contribution in [3.05, 3.63) is 29.8 Å². The summed E-state index contributed by atoms with van der Waals surface area (Å²) in [5, 5.41) is 7.90. The molecule has 0 bridgehead atoms. The average molecular weight is 287 g/mol. The van der Waals surface area contributed by atoms with Crippen molar-refractivity contribution >= 4 is 16.0 Å². The summed E-state index contributed by atoms with van der Waals surface area (Å²) in [5.74, 6) is -0.685. The Morgan fingerprint density at radius 1 is 1.37 bits per heavy atom. The molecule has 0 saturated carbocycles. The molecule has 0 aromatic heterocycles. The summed E-state index contributed by atoms with van der Waals surface area (Å²) in [5.41, 5.74) is 0.709. The summed E-state index contributed by atoms with van der Waals surface area (Å²) < 4.78 is 29.7. The second kappa shape index (κ2) is 6.03.